The summed E-state index contributed by atoms with van der Waals surface area (Å²) >= 11 is 0. The van der Waals surface area contributed by atoms with Gasteiger partial charge in [-0.3, -0.25) is 4.79 Å². The third-order valence-electron chi connectivity index (χ3n) is 3.40. The maximum absolute atomic E-state index is 14.0. The predicted molar refractivity (Wildman–Crippen MR) is 93.8 cm³/mol. The van der Waals surface area contributed by atoms with E-state index in [4.69, 9.17) is 4.74 Å². The number of benzene rings is 1. The number of rotatable bonds is 3. The van der Waals surface area contributed by atoms with Crippen molar-refractivity contribution in [2.75, 3.05) is 16.0 Å². The number of anilines is 4. The Bertz CT molecular complexity index is 819. The first kappa shape index (κ1) is 16.9. The van der Waals surface area contributed by atoms with Crippen molar-refractivity contribution < 1.29 is 13.9 Å². The van der Waals surface area contributed by atoms with Crippen molar-refractivity contribution in [3.63, 3.8) is 0 Å². The molecular formula is C17H20FN5O2. The fourth-order valence-electron chi connectivity index (χ4n) is 2.27. The van der Waals surface area contributed by atoms with Gasteiger partial charge in [-0.2, -0.15) is 4.98 Å². The average molecular weight is 345 g/mol. The Hall–Kier alpha value is -2.90. The maximum atomic E-state index is 14.0. The minimum Gasteiger partial charge on any atom is -0.479 e. The molecule has 8 heteroatoms. The molecule has 7 nitrogen and oxygen atoms in total. The molecule has 2 aromatic rings. The number of hydrogen-bond acceptors (Lipinski definition) is 6. The number of halogens is 1. The number of hydrogen-bond donors (Lipinski definition) is 3. The molecule has 0 bridgehead atoms. The van der Waals surface area contributed by atoms with Crippen LogP contribution in [0, 0.1) is 5.82 Å². The van der Waals surface area contributed by atoms with E-state index >= 15 is 0 Å². The van der Waals surface area contributed by atoms with Crippen LogP contribution in [0.15, 0.2) is 24.4 Å². The summed E-state index contributed by atoms with van der Waals surface area (Å²) in [6.07, 6.45) is 0.561. The Balaban J connectivity index is 1.84. The second kappa shape index (κ2) is 6.19. The van der Waals surface area contributed by atoms with Gasteiger partial charge >= 0.3 is 0 Å². The van der Waals surface area contributed by atoms with E-state index < -0.39 is 11.9 Å². The molecule has 0 radical (unpaired) electrons. The van der Waals surface area contributed by atoms with Crippen LogP contribution in [0.2, 0.25) is 0 Å². The number of nitrogens with zero attached hydrogens (tertiary/aromatic N) is 2. The van der Waals surface area contributed by atoms with Gasteiger partial charge in [-0.25, -0.2) is 9.37 Å². The molecular weight excluding hydrogens is 325 g/mol. The van der Waals surface area contributed by atoms with E-state index in [1.165, 1.54) is 0 Å². The summed E-state index contributed by atoms with van der Waals surface area (Å²) in [5.41, 5.74) is 0.839. The molecule has 1 aliphatic rings. The smallest absolute Gasteiger partial charge is 0.265 e. The monoisotopic (exact) mass is 345 g/mol. The molecule has 0 aliphatic carbocycles. The highest BCUT2D eigenvalue weighted by molar-refractivity contribution is 5.98. The van der Waals surface area contributed by atoms with Crippen molar-refractivity contribution in [1.29, 1.82) is 0 Å². The van der Waals surface area contributed by atoms with Gasteiger partial charge < -0.3 is 20.7 Å². The molecule has 3 rings (SSSR count). The zero-order chi connectivity index (χ0) is 18.2. The summed E-state index contributed by atoms with van der Waals surface area (Å²) in [7, 11) is 0. The number of nitrogens with one attached hydrogen (secondary N) is 3. The highest BCUT2D eigenvalue weighted by atomic mass is 19.1. The van der Waals surface area contributed by atoms with Crippen LogP contribution >= 0.6 is 0 Å². The van der Waals surface area contributed by atoms with Crippen LogP contribution in [0.5, 0.6) is 5.75 Å². The Kier molecular flexibility index (Phi) is 4.20. The van der Waals surface area contributed by atoms with Crippen molar-refractivity contribution in [1.82, 2.24) is 9.97 Å². The molecule has 0 saturated carbocycles. The largest absolute Gasteiger partial charge is 0.479 e. The topological polar surface area (TPSA) is 88.2 Å². The second-order valence-corrected chi connectivity index (χ2v) is 6.85. The number of fused-ring (bicyclic) bond motifs is 1. The van der Waals surface area contributed by atoms with Gasteiger partial charge in [0.2, 0.25) is 5.95 Å². The molecule has 132 valence electrons. The van der Waals surface area contributed by atoms with E-state index in [2.05, 4.69) is 25.9 Å². The van der Waals surface area contributed by atoms with Crippen LogP contribution in [0.4, 0.5) is 27.5 Å². The molecule has 0 spiro atoms. The van der Waals surface area contributed by atoms with Gasteiger partial charge in [0.25, 0.3) is 5.91 Å². The molecule has 1 atom stereocenters. The van der Waals surface area contributed by atoms with Crippen LogP contribution in [-0.2, 0) is 4.79 Å². The zero-order valence-corrected chi connectivity index (χ0v) is 14.5. The highest BCUT2D eigenvalue weighted by Crippen LogP contribution is 2.33. The molecule has 1 aromatic heterocycles. The number of amides is 1. The number of ether oxygens (including phenoxy) is 1. The molecule has 3 N–H and O–H groups in total. The molecule has 25 heavy (non-hydrogen) atoms. The fraction of sp³-hybridized carbons (Fsp3) is 0.353. The van der Waals surface area contributed by atoms with Crippen molar-refractivity contribution in [3.8, 4) is 5.75 Å². The predicted octanol–water partition coefficient (Wildman–Crippen LogP) is 3.29. The molecule has 1 aromatic carbocycles. The third-order valence-corrected chi connectivity index (χ3v) is 3.40. The van der Waals surface area contributed by atoms with Gasteiger partial charge in [-0.05, 0) is 45.9 Å². The van der Waals surface area contributed by atoms with E-state index in [1.54, 1.807) is 25.1 Å². The van der Waals surface area contributed by atoms with Crippen molar-refractivity contribution >= 4 is 29.0 Å². The SMILES string of the molecule is CC1Oc2ccc(Nc3nc(NC(C)(C)C)ncc3F)cc2NC1=O. The average Bonchev–Trinajstić information content (AvgIpc) is 2.50. The van der Waals surface area contributed by atoms with Gasteiger partial charge in [-0.15, -0.1) is 0 Å². The summed E-state index contributed by atoms with van der Waals surface area (Å²) in [5.74, 6) is 0.120. The molecule has 1 unspecified atom stereocenters. The number of carbonyl (C=O) groups is 1. The lowest BCUT2D eigenvalue weighted by atomic mass is 10.1. The Labute approximate surface area is 145 Å². The summed E-state index contributed by atoms with van der Waals surface area (Å²) in [5, 5.41) is 8.74. The maximum Gasteiger partial charge on any atom is 0.265 e. The Morgan fingerprint density at radius 1 is 1.32 bits per heavy atom. The fourth-order valence-corrected chi connectivity index (χ4v) is 2.27. The minimum absolute atomic E-state index is 0.0399. The second-order valence-electron chi connectivity index (χ2n) is 6.85. The van der Waals surface area contributed by atoms with Gasteiger partial charge in [0.05, 0.1) is 11.9 Å². The van der Waals surface area contributed by atoms with E-state index in [-0.39, 0.29) is 17.3 Å². The summed E-state index contributed by atoms with van der Waals surface area (Å²) in [6, 6.07) is 5.10. The standard InChI is InChI=1S/C17H20FN5O2/c1-9-15(24)21-12-7-10(5-6-13(12)25-9)20-14-11(18)8-19-16(22-14)23-17(2,3)4/h5-9H,1-4H3,(H,21,24)(H2,19,20,22,23). The lowest BCUT2D eigenvalue weighted by Crippen LogP contribution is -2.34. The molecule has 2 heterocycles. The first-order chi connectivity index (χ1) is 11.7. The third kappa shape index (κ3) is 3.96. The van der Waals surface area contributed by atoms with Gasteiger partial charge in [0.15, 0.2) is 17.7 Å². The van der Waals surface area contributed by atoms with Crippen LogP contribution in [0.3, 0.4) is 0 Å². The van der Waals surface area contributed by atoms with Crippen molar-refractivity contribution in [3.05, 3.63) is 30.2 Å². The van der Waals surface area contributed by atoms with Gasteiger partial charge in [0.1, 0.15) is 5.75 Å². The van der Waals surface area contributed by atoms with Crippen molar-refractivity contribution in [2.24, 2.45) is 0 Å². The highest BCUT2D eigenvalue weighted by Gasteiger charge is 2.23. The van der Waals surface area contributed by atoms with E-state index in [0.717, 1.165) is 6.20 Å². The van der Waals surface area contributed by atoms with E-state index in [0.29, 0.717) is 23.1 Å². The first-order valence-corrected chi connectivity index (χ1v) is 7.90. The minimum atomic E-state index is -0.578. The molecule has 1 aliphatic heterocycles. The van der Waals surface area contributed by atoms with E-state index in [9.17, 15) is 9.18 Å². The lowest BCUT2D eigenvalue weighted by molar-refractivity contribution is -0.122. The van der Waals surface area contributed by atoms with Crippen LogP contribution in [0.1, 0.15) is 27.7 Å². The summed E-state index contributed by atoms with van der Waals surface area (Å²) < 4.78 is 19.5. The van der Waals surface area contributed by atoms with Gasteiger partial charge in [-0.1, -0.05) is 0 Å². The van der Waals surface area contributed by atoms with E-state index in [1.807, 2.05) is 20.8 Å². The summed E-state index contributed by atoms with van der Waals surface area (Å²) in [6.45, 7) is 7.55. The quantitative estimate of drug-likeness (QED) is 0.791. The molecule has 0 saturated heterocycles. The van der Waals surface area contributed by atoms with Crippen LogP contribution in [-0.4, -0.2) is 27.5 Å². The Morgan fingerprint density at radius 2 is 2.08 bits per heavy atom. The van der Waals surface area contributed by atoms with Crippen molar-refractivity contribution in [2.45, 2.75) is 39.3 Å². The Morgan fingerprint density at radius 3 is 2.80 bits per heavy atom. The van der Waals surface area contributed by atoms with Crippen LogP contribution < -0.4 is 20.7 Å². The summed E-state index contributed by atoms with van der Waals surface area (Å²) in [4.78, 5) is 19.8. The lowest BCUT2D eigenvalue weighted by Gasteiger charge is -2.24. The van der Waals surface area contributed by atoms with Crippen LogP contribution in [0.25, 0.3) is 0 Å². The zero-order valence-electron chi connectivity index (χ0n) is 14.5. The van der Waals surface area contributed by atoms with Gasteiger partial charge in [0, 0.05) is 11.2 Å². The number of carbonyl (C=O) groups excluding carboxylic acids is 1. The normalized spacial score (nSPS) is 16.5. The molecule has 0 fully saturated rings. The molecule has 1 amide bonds. The first-order valence-electron chi connectivity index (χ1n) is 7.90. The number of aromatic nitrogens is 2.